The molecule has 0 bridgehead atoms. The lowest BCUT2D eigenvalue weighted by molar-refractivity contribution is -0.116. The van der Waals surface area contributed by atoms with Crippen molar-refractivity contribution in [1.29, 1.82) is 0 Å². The molecule has 0 aliphatic rings. The number of hydrogen-bond donors (Lipinski definition) is 2. The highest BCUT2D eigenvalue weighted by Crippen LogP contribution is 2.20. The van der Waals surface area contributed by atoms with E-state index in [9.17, 15) is 9.59 Å². The number of ether oxygens (including phenoxy) is 1. The number of halogens is 1. The van der Waals surface area contributed by atoms with E-state index in [1.807, 2.05) is 6.92 Å². The first-order valence-corrected chi connectivity index (χ1v) is 6.87. The van der Waals surface area contributed by atoms with Gasteiger partial charge in [0.05, 0.1) is 17.4 Å². The van der Waals surface area contributed by atoms with Crippen LogP contribution in [0.3, 0.4) is 0 Å². The molecule has 2 N–H and O–H groups in total. The molecule has 1 aromatic carbocycles. The minimum absolute atomic E-state index is 0.0233. The van der Waals surface area contributed by atoms with Gasteiger partial charge >= 0.3 is 5.97 Å². The third-order valence-corrected chi connectivity index (χ3v) is 3.61. The zero-order chi connectivity index (χ0) is 14.4. The number of hydrogen-bond acceptors (Lipinski definition) is 3. The summed E-state index contributed by atoms with van der Waals surface area (Å²) in [5, 5.41) is 11.6. The number of nitrogens with one attached hydrogen (secondary N) is 1. The van der Waals surface area contributed by atoms with Crippen LogP contribution in [-0.2, 0) is 9.53 Å². The van der Waals surface area contributed by atoms with E-state index < -0.39 is 5.97 Å². The van der Waals surface area contributed by atoms with Crippen molar-refractivity contribution in [2.75, 3.05) is 12.4 Å². The van der Waals surface area contributed by atoms with Crippen molar-refractivity contribution in [3.8, 4) is 0 Å². The van der Waals surface area contributed by atoms with Crippen LogP contribution in [0.2, 0.25) is 0 Å². The average Bonchev–Trinajstić information content (AvgIpc) is 2.38. The number of carboxylic acid groups (broad SMARTS) is 1. The summed E-state index contributed by atoms with van der Waals surface area (Å²) in [6, 6.07) is 4.63. The SMILES string of the molecule is COC(C)CCC(=O)Nc1cc(C(=O)O)ccc1I. The molecule has 0 aliphatic heterocycles. The number of carboxylic acids is 1. The van der Waals surface area contributed by atoms with Crippen LogP contribution in [-0.4, -0.2) is 30.2 Å². The number of aromatic carboxylic acids is 1. The average molecular weight is 377 g/mol. The van der Waals surface area contributed by atoms with E-state index in [-0.39, 0.29) is 17.6 Å². The Balaban J connectivity index is 2.68. The largest absolute Gasteiger partial charge is 0.478 e. The summed E-state index contributed by atoms with van der Waals surface area (Å²) in [7, 11) is 1.60. The monoisotopic (exact) mass is 377 g/mol. The van der Waals surface area contributed by atoms with Gasteiger partial charge in [-0.15, -0.1) is 0 Å². The third-order valence-electron chi connectivity index (χ3n) is 2.67. The van der Waals surface area contributed by atoms with Crippen LogP contribution in [0.25, 0.3) is 0 Å². The van der Waals surface area contributed by atoms with Crippen LogP contribution in [0.1, 0.15) is 30.1 Å². The Bertz CT molecular complexity index is 476. The van der Waals surface area contributed by atoms with E-state index in [0.717, 1.165) is 3.57 Å². The van der Waals surface area contributed by atoms with Crippen LogP contribution >= 0.6 is 22.6 Å². The standard InChI is InChI=1S/C13H16INO4/c1-8(19-2)3-6-12(16)15-11-7-9(13(17)18)4-5-10(11)14/h4-5,7-8H,3,6H2,1-2H3,(H,15,16)(H,17,18). The molecular formula is C13H16INO4. The molecule has 5 nitrogen and oxygen atoms in total. The molecule has 0 aromatic heterocycles. The van der Waals surface area contributed by atoms with E-state index in [1.165, 1.54) is 12.1 Å². The first kappa shape index (κ1) is 15.9. The van der Waals surface area contributed by atoms with E-state index >= 15 is 0 Å². The molecular weight excluding hydrogens is 361 g/mol. The van der Waals surface area contributed by atoms with Crippen molar-refractivity contribution in [1.82, 2.24) is 0 Å². The summed E-state index contributed by atoms with van der Waals surface area (Å²) >= 11 is 2.05. The Kier molecular flexibility index (Phi) is 6.23. The van der Waals surface area contributed by atoms with Gasteiger partial charge < -0.3 is 15.2 Å². The first-order valence-electron chi connectivity index (χ1n) is 5.79. The number of methoxy groups -OCH3 is 1. The van der Waals surface area contributed by atoms with Gasteiger partial charge in [-0.25, -0.2) is 4.79 Å². The van der Waals surface area contributed by atoms with Gasteiger partial charge in [0.1, 0.15) is 0 Å². The zero-order valence-corrected chi connectivity index (χ0v) is 12.9. The van der Waals surface area contributed by atoms with Crippen molar-refractivity contribution in [3.63, 3.8) is 0 Å². The minimum atomic E-state index is -1.01. The number of carbonyl (C=O) groups excluding carboxylic acids is 1. The highest BCUT2D eigenvalue weighted by atomic mass is 127. The molecule has 1 unspecified atom stereocenters. The molecule has 0 fully saturated rings. The summed E-state index contributed by atoms with van der Waals surface area (Å²) < 4.78 is 5.87. The number of amides is 1. The Morgan fingerprint density at radius 2 is 2.16 bits per heavy atom. The van der Waals surface area contributed by atoms with Crippen molar-refractivity contribution >= 4 is 40.2 Å². The number of carbonyl (C=O) groups is 2. The molecule has 0 saturated carbocycles. The van der Waals surface area contributed by atoms with Gasteiger partial charge in [0.15, 0.2) is 0 Å². The maximum Gasteiger partial charge on any atom is 0.335 e. The molecule has 0 radical (unpaired) electrons. The second-order valence-electron chi connectivity index (χ2n) is 4.13. The molecule has 1 amide bonds. The molecule has 0 aliphatic carbocycles. The van der Waals surface area contributed by atoms with Crippen molar-refractivity contribution in [2.45, 2.75) is 25.9 Å². The summed E-state index contributed by atoms with van der Waals surface area (Å²) in [4.78, 5) is 22.6. The van der Waals surface area contributed by atoms with Crippen LogP contribution in [0.15, 0.2) is 18.2 Å². The topological polar surface area (TPSA) is 75.6 Å². The molecule has 0 saturated heterocycles. The number of benzene rings is 1. The van der Waals surface area contributed by atoms with E-state index in [1.54, 1.807) is 13.2 Å². The molecule has 1 aromatic rings. The molecule has 6 heteroatoms. The molecule has 19 heavy (non-hydrogen) atoms. The lowest BCUT2D eigenvalue weighted by atomic mass is 10.2. The summed E-state index contributed by atoms with van der Waals surface area (Å²) in [6.45, 7) is 1.89. The van der Waals surface area contributed by atoms with Crippen LogP contribution in [0, 0.1) is 3.57 Å². The van der Waals surface area contributed by atoms with Gasteiger partial charge in [0.2, 0.25) is 5.91 Å². The van der Waals surface area contributed by atoms with Crippen molar-refractivity contribution in [3.05, 3.63) is 27.3 Å². The maximum absolute atomic E-state index is 11.7. The summed E-state index contributed by atoms with van der Waals surface area (Å²) in [6.07, 6.45) is 0.982. The van der Waals surface area contributed by atoms with Gasteiger partial charge in [0, 0.05) is 17.1 Å². The van der Waals surface area contributed by atoms with E-state index in [4.69, 9.17) is 9.84 Å². The molecule has 1 atom stereocenters. The lowest BCUT2D eigenvalue weighted by Gasteiger charge is -2.11. The van der Waals surface area contributed by atoms with Crippen molar-refractivity contribution in [2.24, 2.45) is 0 Å². The van der Waals surface area contributed by atoms with Crippen LogP contribution < -0.4 is 5.32 Å². The van der Waals surface area contributed by atoms with Crippen molar-refractivity contribution < 1.29 is 19.4 Å². The maximum atomic E-state index is 11.7. The Hall–Kier alpha value is -1.15. The van der Waals surface area contributed by atoms with E-state index in [2.05, 4.69) is 27.9 Å². The van der Waals surface area contributed by atoms with Gasteiger partial charge in [-0.3, -0.25) is 4.79 Å². The smallest absolute Gasteiger partial charge is 0.335 e. The predicted octanol–water partition coefficient (Wildman–Crippen LogP) is 2.74. The molecule has 0 heterocycles. The highest BCUT2D eigenvalue weighted by molar-refractivity contribution is 14.1. The molecule has 104 valence electrons. The summed E-state index contributed by atoms with van der Waals surface area (Å²) in [5.74, 6) is -1.16. The fourth-order valence-electron chi connectivity index (χ4n) is 1.42. The summed E-state index contributed by atoms with van der Waals surface area (Å²) in [5.41, 5.74) is 0.677. The Morgan fingerprint density at radius 3 is 2.74 bits per heavy atom. The quantitative estimate of drug-likeness (QED) is 0.748. The fraction of sp³-hybridized carbons (Fsp3) is 0.385. The van der Waals surface area contributed by atoms with Gasteiger partial charge in [-0.2, -0.15) is 0 Å². The molecule has 1 rings (SSSR count). The molecule has 0 spiro atoms. The third kappa shape index (κ3) is 5.15. The number of anilines is 1. The highest BCUT2D eigenvalue weighted by Gasteiger charge is 2.11. The first-order chi connectivity index (χ1) is 8.93. The minimum Gasteiger partial charge on any atom is -0.478 e. The van der Waals surface area contributed by atoms with Gasteiger partial charge in [-0.05, 0) is 54.1 Å². The predicted molar refractivity (Wildman–Crippen MR) is 80.5 cm³/mol. The van der Waals surface area contributed by atoms with Crippen LogP contribution in [0.4, 0.5) is 5.69 Å². The second-order valence-corrected chi connectivity index (χ2v) is 5.30. The number of rotatable bonds is 6. The lowest BCUT2D eigenvalue weighted by Crippen LogP contribution is -2.16. The zero-order valence-electron chi connectivity index (χ0n) is 10.8. The van der Waals surface area contributed by atoms with Crippen LogP contribution in [0.5, 0.6) is 0 Å². The normalized spacial score (nSPS) is 11.9. The van der Waals surface area contributed by atoms with Gasteiger partial charge in [-0.1, -0.05) is 0 Å². The Labute approximate surface area is 125 Å². The van der Waals surface area contributed by atoms with Gasteiger partial charge in [0.25, 0.3) is 0 Å². The fourth-order valence-corrected chi connectivity index (χ4v) is 1.89. The Morgan fingerprint density at radius 1 is 1.47 bits per heavy atom. The van der Waals surface area contributed by atoms with E-state index in [0.29, 0.717) is 18.5 Å². The second kappa shape index (κ2) is 7.44.